The highest BCUT2D eigenvalue weighted by molar-refractivity contribution is 6.01. The van der Waals surface area contributed by atoms with E-state index in [0.29, 0.717) is 30.4 Å². The van der Waals surface area contributed by atoms with Gasteiger partial charge in [-0.1, -0.05) is 37.6 Å². The molecule has 4 rings (SSSR count). The molecule has 0 aliphatic carbocycles. The molecule has 0 bridgehead atoms. The van der Waals surface area contributed by atoms with Crippen LogP contribution in [0.3, 0.4) is 0 Å². The van der Waals surface area contributed by atoms with E-state index in [4.69, 9.17) is 10.5 Å². The summed E-state index contributed by atoms with van der Waals surface area (Å²) in [6, 6.07) is 8.71. The Balaban J connectivity index is 1.48. The first kappa shape index (κ1) is 21.5. The van der Waals surface area contributed by atoms with E-state index in [0.717, 1.165) is 51.1 Å². The number of aromatic nitrogens is 2. The van der Waals surface area contributed by atoms with Crippen LogP contribution in [0.15, 0.2) is 24.3 Å². The van der Waals surface area contributed by atoms with E-state index >= 15 is 0 Å². The lowest BCUT2D eigenvalue weighted by Crippen LogP contribution is -2.43. The van der Waals surface area contributed by atoms with Gasteiger partial charge in [-0.05, 0) is 24.6 Å². The highest BCUT2D eigenvalue weighted by Gasteiger charge is 2.32. The molecule has 0 radical (unpaired) electrons. The molecule has 2 aliphatic heterocycles. The second-order valence-electron chi connectivity index (χ2n) is 8.45. The number of carbonyl (C=O) groups is 1. The van der Waals surface area contributed by atoms with Gasteiger partial charge < -0.3 is 15.4 Å². The molecule has 31 heavy (non-hydrogen) atoms. The number of hydrogen-bond donors (Lipinski definition) is 1. The summed E-state index contributed by atoms with van der Waals surface area (Å²) in [6.07, 6.45) is 2.18. The first-order valence-corrected chi connectivity index (χ1v) is 11.1. The van der Waals surface area contributed by atoms with Crippen molar-refractivity contribution < 1.29 is 9.53 Å². The van der Waals surface area contributed by atoms with Crippen molar-refractivity contribution >= 4 is 17.5 Å². The Morgan fingerprint density at radius 2 is 1.84 bits per heavy atom. The molecule has 8 nitrogen and oxygen atoms in total. The summed E-state index contributed by atoms with van der Waals surface area (Å²) >= 11 is 0. The Morgan fingerprint density at radius 1 is 1.10 bits per heavy atom. The number of nitrogens with two attached hydrogens (primary N) is 1. The van der Waals surface area contributed by atoms with E-state index < -0.39 is 0 Å². The average Bonchev–Trinajstić information content (AvgIpc) is 3.06. The Labute approximate surface area is 184 Å². The Kier molecular flexibility index (Phi) is 6.67. The smallest absolute Gasteiger partial charge is 0.320 e. The highest BCUT2D eigenvalue weighted by Crippen LogP contribution is 2.33. The van der Waals surface area contributed by atoms with Gasteiger partial charge in [-0.3, -0.25) is 14.6 Å². The Hall–Kier alpha value is -2.71. The van der Waals surface area contributed by atoms with Crippen molar-refractivity contribution in [3.63, 3.8) is 0 Å². The maximum Gasteiger partial charge on any atom is 0.320 e. The predicted molar refractivity (Wildman–Crippen MR) is 121 cm³/mol. The standard InChI is InChI=1S/C23H32N6O2/c1-3-4-12-31-23-25-21(24)19-14-20(30)29(22(19)26-23)16-18-7-5-6-17(13-18)15-28-10-8-27(2)9-11-28/h5-7,13H,3-4,8-12,14-16H2,1-2H3,(H2,24,25,26). The maximum atomic E-state index is 12.7. The lowest BCUT2D eigenvalue weighted by atomic mass is 10.1. The molecular formula is C23H32N6O2. The van der Waals surface area contributed by atoms with Gasteiger partial charge in [-0.25, -0.2) is 0 Å². The van der Waals surface area contributed by atoms with Crippen molar-refractivity contribution in [2.75, 3.05) is 50.5 Å². The summed E-state index contributed by atoms with van der Waals surface area (Å²) in [5.41, 5.74) is 9.16. The van der Waals surface area contributed by atoms with Crippen LogP contribution in [0.25, 0.3) is 0 Å². The molecule has 2 aliphatic rings. The van der Waals surface area contributed by atoms with E-state index in [1.54, 1.807) is 4.90 Å². The van der Waals surface area contributed by atoms with Gasteiger partial charge in [-0.15, -0.1) is 0 Å². The van der Waals surface area contributed by atoms with Gasteiger partial charge in [0.2, 0.25) is 5.91 Å². The monoisotopic (exact) mass is 424 g/mol. The second-order valence-corrected chi connectivity index (χ2v) is 8.45. The molecule has 8 heteroatoms. The summed E-state index contributed by atoms with van der Waals surface area (Å²) in [4.78, 5) is 28.0. The number of unbranched alkanes of at least 4 members (excludes halogenated alkanes) is 1. The minimum Gasteiger partial charge on any atom is -0.463 e. The van der Waals surface area contributed by atoms with Gasteiger partial charge in [0.1, 0.15) is 11.6 Å². The summed E-state index contributed by atoms with van der Waals surface area (Å²) < 4.78 is 5.65. The highest BCUT2D eigenvalue weighted by atomic mass is 16.5. The predicted octanol–water partition coefficient (Wildman–Crippen LogP) is 2.07. The van der Waals surface area contributed by atoms with E-state index in [9.17, 15) is 4.79 Å². The summed E-state index contributed by atoms with van der Waals surface area (Å²) in [5, 5.41) is 0. The van der Waals surface area contributed by atoms with Crippen molar-refractivity contribution in [3.8, 4) is 6.01 Å². The largest absolute Gasteiger partial charge is 0.463 e. The molecule has 0 spiro atoms. The molecule has 0 saturated carbocycles. The fourth-order valence-electron chi connectivity index (χ4n) is 4.03. The first-order valence-electron chi connectivity index (χ1n) is 11.1. The van der Waals surface area contributed by atoms with Crippen molar-refractivity contribution in [3.05, 3.63) is 41.0 Å². The molecule has 166 valence electrons. The van der Waals surface area contributed by atoms with E-state index in [1.807, 2.05) is 0 Å². The van der Waals surface area contributed by atoms with Crippen LogP contribution >= 0.6 is 0 Å². The SMILES string of the molecule is CCCCOc1nc(N)c2c(n1)N(Cc1cccc(CN3CCN(C)CC3)c1)C(=O)C2. The number of likely N-dealkylation sites (N-methyl/N-ethyl adjacent to an activating group) is 1. The third-order valence-electron chi connectivity index (χ3n) is 5.94. The van der Waals surface area contributed by atoms with Crippen molar-refractivity contribution in [1.82, 2.24) is 19.8 Å². The number of benzene rings is 1. The fourth-order valence-corrected chi connectivity index (χ4v) is 4.03. The van der Waals surface area contributed by atoms with E-state index in [-0.39, 0.29) is 18.3 Å². The number of amides is 1. The lowest BCUT2D eigenvalue weighted by molar-refractivity contribution is -0.117. The fraction of sp³-hybridized carbons (Fsp3) is 0.522. The molecule has 1 aromatic carbocycles. The van der Waals surface area contributed by atoms with Crippen molar-refractivity contribution in [2.45, 2.75) is 39.3 Å². The summed E-state index contributed by atoms with van der Waals surface area (Å²) in [6.45, 7) is 8.39. The van der Waals surface area contributed by atoms with Crippen molar-refractivity contribution in [1.29, 1.82) is 0 Å². The molecule has 2 N–H and O–H groups in total. The van der Waals surface area contributed by atoms with Gasteiger partial charge in [0, 0.05) is 38.3 Å². The maximum absolute atomic E-state index is 12.7. The third-order valence-corrected chi connectivity index (χ3v) is 5.94. The summed E-state index contributed by atoms with van der Waals surface area (Å²) in [7, 11) is 2.17. The minimum atomic E-state index is -0.00817. The zero-order chi connectivity index (χ0) is 21.8. The number of nitrogen functional groups attached to an aromatic ring is 1. The van der Waals surface area contributed by atoms with Crippen molar-refractivity contribution in [2.24, 2.45) is 0 Å². The zero-order valence-electron chi connectivity index (χ0n) is 18.5. The number of fused-ring (bicyclic) bond motifs is 1. The molecule has 1 aromatic heterocycles. The van der Waals surface area contributed by atoms with Gasteiger partial charge in [0.05, 0.1) is 19.6 Å². The molecule has 1 fully saturated rings. The zero-order valence-corrected chi connectivity index (χ0v) is 18.5. The molecule has 2 aromatic rings. The average molecular weight is 425 g/mol. The summed E-state index contributed by atoms with van der Waals surface area (Å²) in [5.74, 6) is 0.899. The Morgan fingerprint density at radius 3 is 2.58 bits per heavy atom. The van der Waals surface area contributed by atoms with Gasteiger partial charge in [0.15, 0.2) is 0 Å². The van der Waals surface area contributed by atoms with Crippen LogP contribution < -0.4 is 15.4 Å². The number of rotatable bonds is 8. The number of hydrogen-bond acceptors (Lipinski definition) is 7. The van der Waals surface area contributed by atoms with Crippen LogP contribution in [-0.2, 0) is 24.3 Å². The number of anilines is 2. The van der Waals surface area contributed by atoms with Crippen LogP contribution in [0, 0.1) is 0 Å². The quantitative estimate of drug-likeness (QED) is 0.649. The van der Waals surface area contributed by atoms with Crippen LogP contribution in [0.4, 0.5) is 11.6 Å². The second kappa shape index (κ2) is 9.62. The normalized spacial score (nSPS) is 17.2. The van der Waals surface area contributed by atoms with Crippen LogP contribution in [0.2, 0.25) is 0 Å². The topological polar surface area (TPSA) is 87.8 Å². The molecular weight excluding hydrogens is 392 g/mol. The van der Waals surface area contributed by atoms with Gasteiger partial charge in [0.25, 0.3) is 0 Å². The van der Waals surface area contributed by atoms with Crippen LogP contribution in [0.1, 0.15) is 36.5 Å². The first-order chi connectivity index (χ1) is 15.0. The van der Waals surface area contributed by atoms with Crippen LogP contribution in [0.5, 0.6) is 6.01 Å². The molecule has 0 unspecified atom stereocenters. The minimum absolute atomic E-state index is 0.00817. The van der Waals surface area contributed by atoms with Gasteiger partial charge >= 0.3 is 6.01 Å². The lowest BCUT2D eigenvalue weighted by Gasteiger charge is -2.32. The number of nitrogens with zero attached hydrogens (tertiary/aromatic N) is 5. The van der Waals surface area contributed by atoms with Crippen LogP contribution in [-0.4, -0.2) is 65.5 Å². The number of piperazine rings is 1. The molecule has 3 heterocycles. The van der Waals surface area contributed by atoms with E-state index in [1.165, 1.54) is 5.56 Å². The third kappa shape index (κ3) is 5.14. The molecule has 0 atom stereocenters. The van der Waals surface area contributed by atoms with E-state index in [2.05, 4.69) is 58.0 Å². The van der Waals surface area contributed by atoms with Gasteiger partial charge in [-0.2, -0.15) is 9.97 Å². The Bertz CT molecular complexity index is 926. The molecule has 1 saturated heterocycles. The number of ether oxygens (including phenoxy) is 1. The molecule has 1 amide bonds. The number of carbonyl (C=O) groups excluding carboxylic acids is 1.